The molecule has 2 rings (SSSR count). The number of primary amides is 1. The molecule has 0 aliphatic carbocycles. The van der Waals surface area contributed by atoms with Gasteiger partial charge in [0.25, 0.3) is 0 Å². The first-order valence-corrected chi connectivity index (χ1v) is 8.20. The van der Waals surface area contributed by atoms with Gasteiger partial charge in [-0.25, -0.2) is 18.0 Å². The van der Waals surface area contributed by atoms with E-state index in [1.54, 1.807) is 0 Å². The molecule has 0 bridgehead atoms. The number of ether oxygens (including phenoxy) is 1. The molecule has 23 heavy (non-hydrogen) atoms. The second-order valence-corrected chi connectivity index (χ2v) is 6.50. The summed E-state index contributed by atoms with van der Waals surface area (Å²) in [5, 5.41) is 9.33. The highest BCUT2D eigenvalue weighted by Crippen LogP contribution is 2.28. The van der Waals surface area contributed by atoms with Gasteiger partial charge >= 0.3 is 12.1 Å². The number of amides is 1. The fourth-order valence-corrected chi connectivity index (χ4v) is 2.96. The van der Waals surface area contributed by atoms with Crippen LogP contribution < -0.4 is 10.0 Å². The number of hydrogen-bond acceptors (Lipinski definition) is 7. The molecule has 1 aromatic heterocycles. The third-order valence-electron chi connectivity index (χ3n) is 2.96. The van der Waals surface area contributed by atoms with Crippen molar-refractivity contribution < 1.29 is 32.3 Å². The summed E-state index contributed by atoms with van der Waals surface area (Å²) in [6, 6.07) is 4.28. The number of carbonyl (C=O) groups is 2. The van der Waals surface area contributed by atoms with Crippen molar-refractivity contribution in [3.05, 3.63) is 30.0 Å². The highest BCUT2D eigenvalue weighted by atomic mass is 32.2. The van der Waals surface area contributed by atoms with Gasteiger partial charge in [0.05, 0.1) is 25.1 Å². The van der Waals surface area contributed by atoms with Crippen LogP contribution in [0.15, 0.2) is 28.9 Å². The first kappa shape index (κ1) is 16.8. The van der Waals surface area contributed by atoms with Crippen LogP contribution in [0, 0.1) is 0 Å². The number of aliphatic hydroxyl groups excluding tert-OH is 1. The van der Waals surface area contributed by atoms with Crippen molar-refractivity contribution in [3.8, 4) is 0 Å². The number of nitrogens with zero attached hydrogens (tertiary/aromatic N) is 1. The Morgan fingerprint density at radius 3 is 2.65 bits per heavy atom. The Kier molecular flexibility index (Phi) is 4.57. The van der Waals surface area contributed by atoms with Gasteiger partial charge in [0.15, 0.2) is 0 Å². The standard InChI is InChI=1S/C13H14N2O7S/c1-23(19,20)15(4-5-16)8-2-3-9-10(7-21-11(9)6-8)12(17)22-13(14)18/h2-3,6-7,16H,4-5H2,1H3,(H2,14,18). The van der Waals surface area contributed by atoms with Crippen molar-refractivity contribution in [1.29, 1.82) is 0 Å². The normalized spacial score (nSPS) is 11.4. The lowest BCUT2D eigenvalue weighted by Gasteiger charge is -2.21. The molecule has 0 unspecified atom stereocenters. The number of rotatable bonds is 5. The molecule has 3 N–H and O–H groups in total. The molecule has 10 heteroatoms. The maximum absolute atomic E-state index is 11.8. The smallest absolute Gasteiger partial charge is 0.412 e. The lowest BCUT2D eigenvalue weighted by molar-refractivity contribution is 0.0639. The van der Waals surface area contributed by atoms with Gasteiger partial charge in [0.2, 0.25) is 10.0 Å². The van der Waals surface area contributed by atoms with Crippen molar-refractivity contribution in [2.24, 2.45) is 5.73 Å². The van der Waals surface area contributed by atoms with E-state index in [0.717, 1.165) is 16.8 Å². The number of nitrogens with two attached hydrogens (primary N) is 1. The third-order valence-corrected chi connectivity index (χ3v) is 4.16. The highest BCUT2D eigenvalue weighted by Gasteiger charge is 2.21. The van der Waals surface area contributed by atoms with E-state index < -0.39 is 22.1 Å². The lowest BCUT2D eigenvalue weighted by Crippen LogP contribution is -2.32. The number of sulfonamides is 1. The van der Waals surface area contributed by atoms with Gasteiger partial charge in [-0.15, -0.1) is 0 Å². The molecule has 0 spiro atoms. The molecule has 0 fully saturated rings. The van der Waals surface area contributed by atoms with Gasteiger partial charge in [-0.1, -0.05) is 0 Å². The zero-order chi connectivity index (χ0) is 17.2. The molecule has 1 aromatic carbocycles. The van der Waals surface area contributed by atoms with Crippen LogP contribution in [0.3, 0.4) is 0 Å². The summed E-state index contributed by atoms with van der Waals surface area (Å²) in [6.07, 6.45) is 0.841. The van der Waals surface area contributed by atoms with Crippen LogP contribution in [-0.4, -0.2) is 45.0 Å². The van der Waals surface area contributed by atoms with E-state index in [0.29, 0.717) is 5.39 Å². The maximum atomic E-state index is 11.8. The molecule has 9 nitrogen and oxygen atoms in total. The van der Waals surface area contributed by atoms with Crippen molar-refractivity contribution >= 4 is 38.7 Å². The Balaban J connectivity index is 2.45. The van der Waals surface area contributed by atoms with Crippen molar-refractivity contribution in [1.82, 2.24) is 0 Å². The largest absolute Gasteiger partial charge is 0.463 e. The van der Waals surface area contributed by atoms with Gasteiger partial charge in [0.1, 0.15) is 17.4 Å². The zero-order valence-corrected chi connectivity index (χ0v) is 12.9. The summed E-state index contributed by atoms with van der Waals surface area (Å²) in [5.74, 6) is -0.973. The summed E-state index contributed by atoms with van der Waals surface area (Å²) < 4.78 is 34.0. The predicted molar refractivity (Wildman–Crippen MR) is 80.5 cm³/mol. The number of benzene rings is 1. The minimum atomic E-state index is -3.60. The first-order valence-electron chi connectivity index (χ1n) is 6.35. The minimum Gasteiger partial charge on any atom is -0.463 e. The highest BCUT2D eigenvalue weighted by molar-refractivity contribution is 7.92. The number of carbonyl (C=O) groups excluding carboxylic acids is 2. The Labute approximate surface area is 131 Å². The molecule has 0 aliphatic heterocycles. The molecular formula is C13H14N2O7S. The Morgan fingerprint density at radius 1 is 1.39 bits per heavy atom. The van der Waals surface area contributed by atoms with Crippen molar-refractivity contribution in [2.75, 3.05) is 23.7 Å². The van der Waals surface area contributed by atoms with Gasteiger partial charge in [-0.3, -0.25) is 4.31 Å². The molecule has 1 heterocycles. The predicted octanol–water partition coefficient (Wildman–Crippen LogP) is 0.427. The topological polar surface area (TPSA) is 140 Å². The van der Waals surface area contributed by atoms with Gasteiger partial charge in [0, 0.05) is 11.5 Å². The molecular weight excluding hydrogens is 328 g/mol. The monoisotopic (exact) mass is 342 g/mol. The number of esters is 1. The molecule has 0 saturated carbocycles. The van der Waals surface area contributed by atoms with Crippen LogP contribution in [0.2, 0.25) is 0 Å². The lowest BCUT2D eigenvalue weighted by atomic mass is 10.1. The summed E-state index contributed by atoms with van der Waals surface area (Å²) in [4.78, 5) is 22.3. The van der Waals surface area contributed by atoms with Gasteiger partial charge < -0.3 is 20.0 Å². The molecule has 124 valence electrons. The summed E-state index contributed by atoms with van der Waals surface area (Å²) in [7, 11) is -3.60. The van der Waals surface area contributed by atoms with E-state index >= 15 is 0 Å². The van der Waals surface area contributed by atoms with Crippen LogP contribution >= 0.6 is 0 Å². The number of hydrogen-bond donors (Lipinski definition) is 2. The van der Waals surface area contributed by atoms with Gasteiger partial charge in [-0.2, -0.15) is 0 Å². The van der Waals surface area contributed by atoms with E-state index in [9.17, 15) is 18.0 Å². The van der Waals surface area contributed by atoms with Crippen LogP contribution in [0.25, 0.3) is 11.0 Å². The summed E-state index contributed by atoms with van der Waals surface area (Å²) in [6.45, 7) is -0.485. The van der Waals surface area contributed by atoms with Crippen LogP contribution in [-0.2, 0) is 14.8 Å². The van der Waals surface area contributed by atoms with Crippen LogP contribution in [0.4, 0.5) is 10.5 Å². The fraction of sp³-hybridized carbons (Fsp3) is 0.231. The second-order valence-electron chi connectivity index (χ2n) is 4.60. The number of fused-ring (bicyclic) bond motifs is 1. The van der Waals surface area contributed by atoms with Crippen LogP contribution in [0.1, 0.15) is 10.4 Å². The number of furan rings is 1. The van der Waals surface area contributed by atoms with Crippen molar-refractivity contribution in [2.45, 2.75) is 0 Å². The molecule has 0 atom stereocenters. The summed E-state index contributed by atoms with van der Waals surface area (Å²) >= 11 is 0. The maximum Gasteiger partial charge on any atom is 0.412 e. The van der Waals surface area contributed by atoms with E-state index in [1.807, 2.05) is 0 Å². The van der Waals surface area contributed by atoms with E-state index in [2.05, 4.69) is 4.74 Å². The SMILES string of the molecule is CS(=O)(=O)N(CCO)c1ccc2c(C(=O)OC(N)=O)coc2c1. The molecule has 0 saturated heterocycles. The third kappa shape index (κ3) is 3.60. The Morgan fingerprint density at radius 2 is 2.09 bits per heavy atom. The number of anilines is 1. The molecule has 1 amide bonds. The van der Waals surface area contributed by atoms with E-state index in [4.69, 9.17) is 15.3 Å². The zero-order valence-electron chi connectivity index (χ0n) is 12.1. The second kappa shape index (κ2) is 6.26. The summed E-state index contributed by atoms with van der Waals surface area (Å²) in [5.41, 5.74) is 5.24. The number of aliphatic hydroxyl groups is 1. The van der Waals surface area contributed by atoms with Crippen molar-refractivity contribution in [3.63, 3.8) is 0 Å². The Hall–Kier alpha value is -2.59. The quantitative estimate of drug-likeness (QED) is 0.593. The molecule has 0 aliphatic rings. The Bertz CT molecular complexity index is 856. The first-order chi connectivity index (χ1) is 10.7. The average Bonchev–Trinajstić information content (AvgIpc) is 2.85. The minimum absolute atomic E-state index is 0.0154. The molecule has 0 radical (unpaired) electrons. The van der Waals surface area contributed by atoms with Gasteiger partial charge in [-0.05, 0) is 12.1 Å². The average molecular weight is 342 g/mol. The van der Waals surface area contributed by atoms with E-state index in [-0.39, 0.29) is 30.0 Å². The fourth-order valence-electron chi connectivity index (χ4n) is 2.05. The molecule has 2 aromatic rings. The van der Waals surface area contributed by atoms with E-state index in [1.165, 1.54) is 18.2 Å². The van der Waals surface area contributed by atoms with Crippen LogP contribution in [0.5, 0.6) is 0 Å².